The molecule has 0 bridgehead atoms. The van der Waals surface area contributed by atoms with E-state index in [9.17, 15) is 0 Å². The number of ether oxygens (including phenoxy) is 1. The molecule has 0 aromatic carbocycles. The summed E-state index contributed by atoms with van der Waals surface area (Å²) in [7, 11) is 4.05. The van der Waals surface area contributed by atoms with E-state index < -0.39 is 0 Å². The normalized spacial score (nSPS) is 25.8. The van der Waals surface area contributed by atoms with Crippen LogP contribution in [0.15, 0.2) is 0 Å². The third kappa shape index (κ3) is 4.78. The highest BCUT2D eigenvalue weighted by Crippen LogP contribution is 2.22. The van der Waals surface area contributed by atoms with Crippen LogP contribution in [0.5, 0.6) is 0 Å². The Morgan fingerprint density at radius 3 is 2.88 bits per heavy atom. The lowest BCUT2D eigenvalue weighted by atomic mass is 9.92. The summed E-state index contributed by atoms with van der Waals surface area (Å²) in [6.45, 7) is 7.68. The van der Waals surface area contributed by atoms with E-state index in [1.165, 1.54) is 18.1 Å². The molecule has 0 amide bonds. The van der Waals surface area contributed by atoms with Crippen LogP contribution in [0.4, 0.5) is 0 Å². The Morgan fingerprint density at radius 2 is 2.29 bits per heavy atom. The molecule has 17 heavy (non-hydrogen) atoms. The van der Waals surface area contributed by atoms with Crippen molar-refractivity contribution in [3.05, 3.63) is 0 Å². The molecule has 3 nitrogen and oxygen atoms in total. The van der Waals surface area contributed by atoms with E-state index in [1.54, 1.807) is 7.11 Å². The number of rotatable bonds is 7. The monoisotopic (exact) mass is 260 g/mol. The maximum absolute atomic E-state index is 5.21. The van der Waals surface area contributed by atoms with Crippen LogP contribution >= 0.6 is 11.8 Å². The van der Waals surface area contributed by atoms with E-state index >= 15 is 0 Å². The minimum Gasteiger partial charge on any atom is -0.385 e. The van der Waals surface area contributed by atoms with Crippen molar-refractivity contribution in [2.24, 2.45) is 5.92 Å². The minimum atomic E-state index is 0.591. The average Bonchev–Trinajstić information content (AvgIpc) is 2.34. The van der Waals surface area contributed by atoms with Gasteiger partial charge in [0, 0.05) is 43.9 Å². The predicted octanol–water partition coefficient (Wildman–Crippen LogP) is 1.68. The smallest absolute Gasteiger partial charge is 0.0465 e. The van der Waals surface area contributed by atoms with Crippen LogP contribution in [0, 0.1) is 5.92 Å². The molecular weight excluding hydrogens is 232 g/mol. The quantitative estimate of drug-likeness (QED) is 0.753. The fourth-order valence-electron chi connectivity index (χ4n) is 2.52. The highest BCUT2D eigenvalue weighted by Gasteiger charge is 2.30. The van der Waals surface area contributed by atoms with Crippen molar-refractivity contribution in [3.8, 4) is 0 Å². The SMILES string of the molecule is CCNC(C(C)CCOC)C1CSCCN1C. The molecule has 0 radical (unpaired) electrons. The molecule has 1 heterocycles. The summed E-state index contributed by atoms with van der Waals surface area (Å²) in [4.78, 5) is 2.52. The van der Waals surface area contributed by atoms with Gasteiger partial charge in [0.1, 0.15) is 0 Å². The summed E-state index contributed by atoms with van der Waals surface area (Å²) >= 11 is 2.09. The Bertz CT molecular complexity index is 204. The summed E-state index contributed by atoms with van der Waals surface area (Å²) in [5.41, 5.74) is 0. The number of hydrogen-bond acceptors (Lipinski definition) is 4. The number of nitrogens with zero attached hydrogens (tertiary/aromatic N) is 1. The van der Waals surface area contributed by atoms with Gasteiger partial charge in [0.05, 0.1) is 0 Å². The number of thioether (sulfide) groups is 1. The first-order valence-electron chi connectivity index (χ1n) is 6.71. The minimum absolute atomic E-state index is 0.591. The predicted molar refractivity (Wildman–Crippen MR) is 76.9 cm³/mol. The molecule has 1 aliphatic heterocycles. The molecule has 1 rings (SSSR count). The average molecular weight is 260 g/mol. The lowest BCUT2D eigenvalue weighted by Gasteiger charge is -2.40. The third-order valence-corrected chi connectivity index (χ3v) is 4.74. The van der Waals surface area contributed by atoms with E-state index in [1.807, 2.05) is 0 Å². The fraction of sp³-hybridized carbons (Fsp3) is 1.00. The Morgan fingerprint density at radius 1 is 1.53 bits per heavy atom. The van der Waals surface area contributed by atoms with Crippen LogP contribution in [-0.4, -0.2) is 62.3 Å². The first kappa shape index (κ1) is 15.3. The summed E-state index contributed by atoms with van der Waals surface area (Å²) in [6.07, 6.45) is 1.14. The summed E-state index contributed by atoms with van der Waals surface area (Å²) in [5, 5.41) is 3.68. The molecule has 1 saturated heterocycles. The van der Waals surface area contributed by atoms with E-state index in [0.29, 0.717) is 18.0 Å². The molecule has 0 spiro atoms. The van der Waals surface area contributed by atoms with Crippen LogP contribution in [0.1, 0.15) is 20.3 Å². The van der Waals surface area contributed by atoms with E-state index in [4.69, 9.17) is 4.74 Å². The maximum Gasteiger partial charge on any atom is 0.0465 e. The number of likely N-dealkylation sites (N-methyl/N-ethyl adjacent to an activating group) is 2. The molecule has 4 heteroatoms. The molecular formula is C13H28N2OS. The molecule has 3 unspecified atom stereocenters. The van der Waals surface area contributed by atoms with Gasteiger partial charge in [-0.25, -0.2) is 0 Å². The number of hydrogen-bond donors (Lipinski definition) is 1. The van der Waals surface area contributed by atoms with Gasteiger partial charge in [-0.1, -0.05) is 13.8 Å². The van der Waals surface area contributed by atoms with E-state index in [0.717, 1.165) is 19.6 Å². The highest BCUT2D eigenvalue weighted by atomic mass is 32.2. The van der Waals surface area contributed by atoms with Crippen LogP contribution in [0.3, 0.4) is 0 Å². The molecule has 0 aromatic rings. The second-order valence-electron chi connectivity index (χ2n) is 4.97. The van der Waals surface area contributed by atoms with Crippen molar-refractivity contribution < 1.29 is 4.74 Å². The molecule has 0 aromatic heterocycles. The zero-order valence-electron chi connectivity index (χ0n) is 11.7. The standard InChI is InChI=1S/C13H28N2OS/c1-5-14-13(11(2)6-8-16-4)12-10-17-9-7-15(12)3/h11-14H,5-10H2,1-4H3. The first-order chi connectivity index (χ1) is 8.20. The van der Waals surface area contributed by atoms with Crippen LogP contribution in [0.25, 0.3) is 0 Å². The van der Waals surface area contributed by atoms with Gasteiger partial charge in [0.25, 0.3) is 0 Å². The Kier molecular flexibility index (Phi) is 7.51. The van der Waals surface area contributed by atoms with Crippen LogP contribution < -0.4 is 5.32 Å². The first-order valence-corrected chi connectivity index (χ1v) is 7.86. The van der Waals surface area contributed by atoms with Crippen molar-refractivity contribution in [1.29, 1.82) is 0 Å². The van der Waals surface area contributed by atoms with Gasteiger partial charge < -0.3 is 15.0 Å². The maximum atomic E-state index is 5.21. The van der Waals surface area contributed by atoms with Gasteiger partial charge >= 0.3 is 0 Å². The fourth-order valence-corrected chi connectivity index (χ4v) is 3.81. The lowest BCUT2D eigenvalue weighted by molar-refractivity contribution is 0.139. The Balaban J connectivity index is 2.55. The molecule has 3 atom stereocenters. The molecule has 0 aliphatic carbocycles. The molecule has 0 saturated carbocycles. The van der Waals surface area contributed by atoms with Crippen molar-refractivity contribution >= 4 is 11.8 Å². The zero-order chi connectivity index (χ0) is 12.7. The van der Waals surface area contributed by atoms with Gasteiger partial charge in [0.15, 0.2) is 0 Å². The summed E-state index contributed by atoms with van der Waals surface area (Å²) in [5.74, 6) is 3.20. The van der Waals surface area contributed by atoms with E-state index in [2.05, 4.69) is 42.9 Å². The lowest BCUT2D eigenvalue weighted by Crippen LogP contribution is -2.55. The number of methoxy groups -OCH3 is 1. The molecule has 102 valence electrons. The highest BCUT2D eigenvalue weighted by molar-refractivity contribution is 7.99. The molecule has 1 fully saturated rings. The van der Waals surface area contributed by atoms with Gasteiger partial charge in [-0.3, -0.25) is 0 Å². The van der Waals surface area contributed by atoms with Gasteiger partial charge in [-0.2, -0.15) is 11.8 Å². The largest absolute Gasteiger partial charge is 0.385 e. The van der Waals surface area contributed by atoms with Gasteiger partial charge in [-0.15, -0.1) is 0 Å². The zero-order valence-corrected chi connectivity index (χ0v) is 12.6. The second kappa shape index (κ2) is 8.35. The van der Waals surface area contributed by atoms with Crippen LogP contribution in [-0.2, 0) is 4.74 Å². The van der Waals surface area contributed by atoms with Crippen molar-refractivity contribution in [2.45, 2.75) is 32.4 Å². The summed E-state index contributed by atoms with van der Waals surface area (Å²) < 4.78 is 5.21. The summed E-state index contributed by atoms with van der Waals surface area (Å²) in [6, 6.07) is 1.26. The molecule has 1 N–H and O–H groups in total. The van der Waals surface area contributed by atoms with Crippen LogP contribution in [0.2, 0.25) is 0 Å². The second-order valence-corrected chi connectivity index (χ2v) is 6.11. The third-order valence-electron chi connectivity index (χ3n) is 3.69. The van der Waals surface area contributed by atoms with Gasteiger partial charge in [0.2, 0.25) is 0 Å². The molecule has 1 aliphatic rings. The Labute approximate surface area is 111 Å². The Hall–Kier alpha value is 0.230. The van der Waals surface area contributed by atoms with Gasteiger partial charge in [-0.05, 0) is 25.9 Å². The topological polar surface area (TPSA) is 24.5 Å². The number of nitrogens with one attached hydrogen (secondary N) is 1. The van der Waals surface area contributed by atoms with Crippen molar-refractivity contribution in [1.82, 2.24) is 10.2 Å². The van der Waals surface area contributed by atoms with Crippen molar-refractivity contribution in [2.75, 3.05) is 45.4 Å². The van der Waals surface area contributed by atoms with Crippen molar-refractivity contribution in [3.63, 3.8) is 0 Å². The van der Waals surface area contributed by atoms with E-state index in [-0.39, 0.29) is 0 Å².